The molecule has 5 nitrogen and oxygen atoms in total. The molecule has 0 spiro atoms. The van der Waals surface area contributed by atoms with Gasteiger partial charge in [0.25, 0.3) is 0 Å². The molecule has 0 saturated heterocycles. The average molecular weight is 255 g/mol. The molecule has 1 unspecified atom stereocenters. The summed E-state index contributed by atoms with van der Waals surface area (Å²) in [5, 5.41) is 0. The molecule has 0 aliphatic carbocycles. The second-order valence-electron chi connectivity index (χ2n) is 3.53. The standard InChI is InChI=1S/C12H14FNO4/c1-3-17-11(15)7(2)18-12(16)9-5-4-8(13)6-10(9)14/h4-7H,3,14H2,1-2H3. The number of carbonyl (C=O) groups excluding carboxylic acids is 2. The summed E-state index contributed by atoms with van der Waals surface area (Å²) in [6.45, 7) is 3.22. The summed E-state index contributed by atoms with van der Waals surface area (Å²) < 4.78 is 22.3. The maximum atomic E-state index is 12.8. The maximum Gasteiger partial charge on any atom is 0.347 e. The molecule has 98 valence electrons. The van der Waals surface area contributed by atoms with Gasteiger partial charge in [-0.1, -0.05) is 0 Å². The van der Waals surface area contributed by atoms with E-state index in [-0.39, 0.29) is 17.9 Å². The van der Waals surface area contributed by atoms with Gasteiger partial charge in [-0.15, -0.1) is 0 Å². The van der Waals surface area contributed by atoms with Crippen LogP contribution < -0.4 is 5.73 Å². The number of benzene rings is 1. The van der Waals surface area contributed by atoms with Crippen molar-refractivity contribution in [3.63, 3.8) is 0 Å². The van der Waals surface area contributed by atoms with Crippen LogP contribution in [-0.4, -0.2) is 24.6 Å². The molecule has 0 radical (unpaired) electrons. The molecule has 0 bridgehead atoms. The number of nitrogen functional groups attached to an aromatic ring is 1. The number of carbonyl (C=O) groups is 2. The Bertz CT molecular complexity index is 461. The Morgan fingerprint density at radius 1 is 1.44 bits per heavy atom. The van der Waals surface area contributed by atoms with Gasteiger partial charge >= 0.3 is 11.9 Å². The first-order valence-electron chi connectivity index (χ1n) is 5.38. The van der Waals surface area contributed by atoms with E-state index in [1.165, 1.54) is 13.0 Å². The van der Waals surface area contributed by atoms with E-state index in [2.05, 4.69) is 4.74 Å². The molecule has 0 aliphatic heterocycles. The minimum absolute atomic E-state index is 0.00699. The normalized spacial score (nSPS) is 11.7. The minimum Gasteiger partial charge on any atom is -0.463 e. The van der Waals surface area contributed by atoms with E-state index in [9.17, 15) is 14.0 Å². The van der Waals surface area contributed by atoms with Crippen LogP contribution in [0, 0.1) is 5.82 Å². The number of halogens is 1. The summed E-state index contributed by atoms with van der Waals surface area (Å²) in [6.07, 6.45) is -1.04. The third-order valence-corrected chi connectivity index (χ3v) is 2.14. The molecule has 1 aromatic carbocycles. The lowest BCUT2D eigenvalue weighted by Gasteiger charge is -2.12. The maximum absolute atomic E-state index is 12.8. The van der Waals surface area contributed by atoms with Crippen molar-refractivity contribution in [3.05, 3.63) is 29.6 Å². The quantitative estimate of drug-likeness (QED) is 0.651. The highest BCUT2D eigenvalue weighted by Gasteiger charge is 2.21. The van der Waals surface area contributed by atoms with E-state index in [4.69, 9.17) is 10.5 Å². The van der Waals surface area contributed by atoms with E-state index >= 15 is 0 Å². The molecule has 0 fully saturated rings. The highest BCUT2D eigenvalue weighted by Crippen LogP contribution is 2.15. The summed E-state index contributed by atoms with van der Waals surface area (Å²) in [7, 11) is 0. The summed E-state index contributed by atoms with van der Waals surface area (Å²) >= 11 is 0. The van der Waals surface area contributed by atoms with Gasteiger partial charge in [0.05, 0.1) is 12.2 Å². The summed E-state index contributed by atoms with van der Waals surface area (Å²) in [4.78, 5) is 22.9. The Hall–Kier alpha value is -2.11. The molecule has 0 aliphatic rings. The van der Waals surface area contributed by atoms with Gasteiger partial charge in [0, 0.05) is 5.69 Å². The number of esters is 2. The van der Waals surface area contributed by atoms with E-state index in [1.54, 1.807) is 6.92 Å². The highest BCUT2D eigenvalue weighted by atomic mass is 19.1. The van der Waals surface area contributed by atoms with Crippen molar-refractivity contribution in [1.29, 1.82) is 0 Å². The van der Waals surface area contributed by atoms with Crippen molar-refractivity contribution >= 4 is 17.6 Å². The lowest BCUT2D eigenvalue weighted by atomic mass is 10.2. The number of rotatable bonds is 4. The largest absolute Gasteiger partial charge is 0.463 e. The fourth-order valence-corrected chi connectivity index (χ4v) is 1.25. The number of nitrogens with two attached hydrogens (primary N) is 1. The molecule has 2 N–H and O–H groups in total. The lowest BCUT2D eigenvalue weighted by molar-refractivity contribution is -0.152. The average Bonchev–Trinajstić information content (AvgIpc) is 2.28. The van der Waals surface area contributed by atoms with Gasteiger partial charge in [0.2, 0.25) is 0 Å². The Morgan fingerprint density at radius 3 is 2.67 bits per heavy atom. The Labute approximate surface area is 104 Å². The number of anilines is 1. The van der Waals surface area contributed by atoms with E-state index in [0.717, 1.165) is 12.1 Å². The van der Waals surface area contributed by atoms with Crippen LogP contribution in [0.1, 0.15) is 24.2 Å². The van der Waals surface area contributed by atoms with Crippen molar-refractivity contribution in [2.45, 2.75) is 20.0 Å². The number of hydrogen-bond acceptors (Lipinski definition) is 5. The van der Waals surface area contributed by atoms with Crippen LogP contribution in [0.2, 0.25) is 0 Å². The first-order chi connectivity index (χ1) is 8.45. The van der Waals surface area contributed by atoms with Crippen LogP contribution in [0.4, 0.5) is 10.1 Å². The molecule has 1 atom stereocenters. The second kappa shape index (κ2) is 6.00. The Balaban J connectivity index is 2.73. The summed E-state index contributed by atoms with van der Waals surface area (Å²) in [6, 6.07) is 3.29. The third kappa shape index (κ3) is 3.44. The topological polar surface area (TPSA) is 78.6 Å². The van der Waals surface area contributed by atoms with Crippen molar-refractivity contribution < 1.29 is 23.5 Å². The smallest absolute Gasteiger partial charge is 0.347 e. The van der Waals surface area contributed by atoms with Gasteiger partial charge < -0.3 is 15.2 Å². The van der Waals surface area contributed by atoms with Gasteiger partial charge in [0.1, 0.15) is 5.82 Å². The van der Waals surface area contributed by atoms with Crippen molar-refractivity contribution in [1.82, 2.24) is 0 Å². The molecular formula is C12H14FNO4. The van der Waals surface area contributed by atoms with Crippen molar-refractivity contribution in [2.75, 3.05) is 12.3 Å². The highest BCUT2D eigenvalue weighted by molar-refractivity contribution is 5.96. The van der Waals surface area contributed by atoms with Gasteiger partial charge in [0.15, 0.2) is 6.10 Å². The van der Waals surface area contributed by atoms with Crippen molar-refractivity contribution in [3.8, 4) is 0 Å². The lowest BCUT2D eigenvalue weighted by Crippen LogP contribution is -2.26. The third-order valence-electron chi connectivity index (χ3n) is 2.14. The molecule has 6 heteroatoms. The zero-order valence-electron chi connectivity index (χ0n) is 10.1. The first kappa shape index (κ1) is 14.0. The number of hydrogen-bond donors (Lipinski definition) is 1. The van der Waals surface area contributed by atoms with Crippen LogP contribution in [0.25, 0.3) is 0 Å². The van der Waals surface area contributed by atoms with Gasteiger partial charge in [-0.25, -0.2) is 14.0 Å². The fourth-order valence-electron chi connectivity index (χ4n) is 1.25. The molecule has 0 saturated carbocycles. The monoisotopic (exact) mass is 255 g/mol. The molecule has 1 aromatic rings. The first-order valence-corrected chi connectivity index (χ1v) is 5.38. The Kier molecular flexibility index (Phi) is 4.65. The van der Waals surface area contributed by atoms with E-state index in [1.807, 2.05) is 0 Å². The fraction of sp³-hybridized carbons (Fsp3) is 0.333. The van der Waals surface area contributed by atoms with Gasteiger partial charge in [-0.3, -0.25) is 0 Å². The van der Waals surface area contributed by atoms with Gasteiger partial charge in [-0.05, 0) is 32.0 Å². The van der Waals surface area contributed by atoms with Crippen LogP contribution >= 0.6 is 0 Å². The predicted molar refractivity (Wildman–Crippen MR) is 62.3 cm³/mol. The Morgan fingerprint density at radius 2 is 2.11 bits per heavy atom. The zero-order chi connectivity index (χ0) is 13.7. The van der Waals surface area contributed by atoms with Crippen LogP contribution in [0.5, 0.6) is 0 Å². The molecule has 0 heterocycles. The van der Waals surface area contributed by atoms with Crippen LogP contribution in [0.3, 0.4) is 0 Å². The molecule has 0 amide bonds. The number of ether oxygens (including phenoxy) is 2. The van der Waals surface area contributed by atoms with E-state index in [0.29, 0.717) is 0 Å². The van der Waals surface area contributed by atoms with E-state index < -0.39 is 23.9 Å². The SMILES string of the molecule is CCOC(=O)C(C)OC(=O)c1ccc(F)cc1N. The van der Waals surface area contributed by atoms with Crippen LogP contribution in [-0.2, 0) is 14.3 Å². The van der Waals surface area contributed by atoms with Crippen LogP contribution in [0.15, 0.2) is 18.2 Å². The summed E-state index contributed by atoms with van der Waals surface area (Å²) in [5.74, 6) is -2.00. The zero-order valence-corrected chi connectivity index (χ0v) is 10.1. The second-order valence-corrected chi connectivity index (χ2v) is 3.53. The molecule has 1 rings (SSSR count). The van der Waals surface area contributed by atoms with Crippen molar-refractivity contribution in [2.24, 2.45) is 0 Å². The van der Waals surface area contributed by atoms with Gasteiger partial charge in [-0.2, -0.15) is 0 Å². The molecular weight excluding hydrogens is 241 g/mol. The molecule has 0 aromatic heterocycles. The summed E-state index contributed by atoms with van der Waals surface area (Å²) in [5.41, 5.74) is 5.44. The molecule has 18 heavy (non-hydrogen) atoms. The predicted octanol–water partition coefficient (Wildman–Crippen LogP) is 1.52. The minimum atomic E-state index is -1.04.